The Balaban J connectivity index is 1.49. The van der Waals surface area contributed by atoms with E-state index in [9.17, 15) is 4.79 Å². The number of anilines is 1. The van der Waals surface area contributed by atoms with Crippen molar-refractivity contribution in [1.82, 2.24) is 15.1 Å². The van der Waals surface area contributed by atoms with Crippen LogP contribution in [0.3, 0.4) is 0 Å². The van der Waals surface area contributed by atoms with Crippen molar-refractivity contribution in [3.05, 3.63) is 58.7 Å². The fourth-order valence-electron chi connectivity index (χ4n) is 2.22. The summed E-state index contributed by atoms with van der Waals surface area (Å²) in [7, 11) is 0. The van der Waals surface area contributed by atoms with Gasteiger partial charge < -0.3 is 14.6 Å². The third-order valence-corrected chi connectivity index (χ3v) is 4.23. The highest BCUT2D eigenvalue weighted by molar-refractivity contribution is 7.13. The molecule has 3 aromatic rings. The molecule has 7 nitrogen and oxygen atoms in total. The number of esters is 1. The summed E-state index contributed by atoms with van der Waals surface area (Å²) in [5.74, 6) is 0.816. The monoisotopic (exact) mass is 372 g/mol. The molecule has 26 heavy (non-hydrogen) atoms. The Morgan fingerprint density at radius 2 is 2.08 bits per heavy atom. The number of hydrogen-bond donors (Lipinski definition) is 1. The van der Waals surface area contributed by atoms with Crippen LogP contribution in [0.4, 0.5) is 5.13 Å². The van der Waals surface area contributed by atoms with E-state index in [2.05, 4.69) is 34.3 Å². The van der Waals surface area contributed by atoms with E-state index in [4.69, 9.17) is 9.26 Å². The van der Waals surface area contributed by atoms with Crippen molar-refractivity contribution >= 4 is 22.4 Å². The van der Waals surface area contributed by atoms with Gasteiger partial charge in [0.1, 0.15) is 0 Å². The van der Waals surface area contributed by atoms with Crippen molar-refractivity contribution < 1.29 is 14.1 Å². The van der Waals surface area contributed by atoms with Crippen molar-refractivity contribution in [2.75, 3.05) is 5.32 Å². The van der Waals surface area contributed by atoms with Crippen LogP contribution >= 0.6 is 11.3 Å². The third kappa shape index (κ3) is 5.13. The van der Waals surface area contributed by atoms with Crippen LogP contribution < -0.4 is 5.32 Å². The summed E-state index contributed by atoms with van der Waals surface area (Å²) in [4.78, 5) is 20.5. The highest BCUT2D eigenvalue weighted by Crippen LogP contribution is 2.17. The van der Waals surface area contributed by atoms with Crippen LogP contribution in [0.1, 0.15) is 41.6 Å². The lowest BCUT2D eigenvalue weighted by atomic mass is 10.1. The molecule has 0 fully saturated rings. The maximum Gasteiger partial charge on any atom is 0.358 e. The summed E-state index contributed by atoms with van der Waals surface area (Å²) in [6, 6.07) is 9.97. The zero-order valence-electron chi connectivity index (χ0n) is 14.6. The van der Waals surface area contributed by atoms with E-state index < -0.39 is 5.97 Å². The average molecular weight is 372 g/mol. The van der Waals surface area contributed by atoms with E-state index in [0.717, 1.165) is 12.0 Å². The first-order valence-electron chi connectivity index (χ1n) is 8.32. The Labute approximate surface area is 155 Å². The standard InChI is InChI=1S/C18H20N4O3S/c1-12(2)8-15-21-16(25-22-15)10-24-17(23)14-11-26-18(20-14)19-9-13-6-4-3-5-7-13/h3-7,11-12H,8-10H2,1-2H3,(H,19,20). The second-order valence-corrected chi connectivity index (χ2v) is 7.01. The van der Waals surface area contributed by atoms with Gasteiger partial charge in [-0.2, -0.15) is 4.98 Å². The number of aromatic nitrogens is 3. The number of rotatable bonds is 8. The van der Waals surface area contributed by atoms with Gasteiger partial charge in [-0.25, -0.2) is 9.78 Å². The highest BCUT2D eigenvalue weighted by Gasteiger charge is 2.15. The van der Waals surface area contributed by atoms with Gasteiger partial charge in [0.25, 0.3) is 5.89 Å². The molecule has 1 N–H and O–H groups in total. The van der Waals surface area contributed by atoms with Gasteiger partial charge in [0.15, 0.2) is 23.3 Å². The molecule has 0 bridgehead atoms. The van der Waals surface area contributed by atoms with E-state index in [1.165, 1.54) is 11.3 Å². The Morgan fingerprint density at radius 1 is 1.27 bits per heavy atom. The summed E-state index contributed by atoms with van der Waals surface area (Å²) >= 11 is 1.36. The van der Waals surface area contributed by atoms with Gasteiger partial charge in [-0.05, 0) is 11.5 Å². The van der Waals surface area contributed by atoms with Crippen LogP contribution in [0.15, 0.2) is 40.2 Å². The number of carbonyl (C=O) groups is 1. The zero-order chi connectivity index (χ0) is 18.4. The average Bonchev–Trinajstić information content (AvgIpc) is 3.28. The van der Waals surface area contributed by atoms with Crippen molar-refractivity contribution in [2.24, 2.45) is 5.92 Å². The summed E-state index contributed by atoms with van der Waals surface area (Å²) < 4.78 is 10.3. The highest BCUT2D eigenvalue weighted by atomic mass is 32.1. The normalized spacial score (nSPS) is 10.9. The van der Waals surface area contributed by atoms with Crippen molar-refractivity contribution in [3.63, 3.8) is 0 Å². The Bertz CT molecular complexity index is 845. The van der Waals surface area contributed by atoms with E-state index in [1.54, 1.807) is 5.38 Å². The van der Waals surface area contributed by atoms with Crippen LogP contribution in [0, 0.1) is 5.92 Å². The number of carbonyl (C=O) groups excluding carboxylic acids is 1. The fourth-order valence-corrected chi connectivity index (χ4v) is 2.90. The number of hydrogen-bond acceptors (Lipinski definition) is 8. The molecule has 0 aliphatic rings. The lowest BCUT2D eigenvalue weighted by molar-refractivity contribution is 0.0424. The predicted octanol–water partition coefficient (Wildman–Crippen LogP) is 3.69. The van der Waals surface area contributed by atoms with Crippen molar-refractivity contribution in [1.29, 1.82) is 0 Å². The molecule has 0 radical (unpaired) electrons. The van der Waals surface area contributed by atoms with E-state index in [0.29, 0.717) is 23.4 Å². The first-order valence-corrected chi connectivity index (χ1v) is 9.20. The minimum Gasteiger partial charge on any atom is -0.451 e. The first-order chi connectivity index (χ1) is 12.6. The molecule has 0 aliphatic carbocycles. The lowest BCUT2D eigenvalue weighted by Gasteiger charge is -2.02. The first kappa shape index (κ1) is 18.1. The molecule has 0 unspecified atom stereocenters. The molecule has 3 rings (SSSR count). The van der Waals surface area contributed by atoms with Gasteiger partial charge in [-0.3, -0.25) is 0 Å². The van der Waals surface area contributed by atoms with Gasteiger partial charge in [0.2, 0.25) is 0 Å². The zero-order valence-corrected chi connectivity index (χ0v) is 15.5. The van der Waals surface area contributed by atoms with Crippen LogP contribution in [0.2, 0.25) is 0 Å². The molecule has 0 aliphatic heterocycles. The molecule has 0 spiro atoms. The van der Waals surface area contributed by atoms with Gasteiger partial charge >= 0.3 is 5.97 Å². The lowest BCUT2D eigenvalue weighted by Crippen LogP contribution is -2.07. The van der Waals surface area contributed by atoms with Gasteiger partial charge in [0, 0.05) is 18.3 Å². The molecule has 1 aromatic carbocycles. The minimum atomic E-state index is -0.516. The fraction of sp³-hybridized carbons (Fsp3) is 0.333. The molecule has 0 atom stereocenters. The third-order valence-electron chi connectivity index (χ3n) is 3.43. The molecule has 0 amide bonds. The van der Waals surface area contributed by atoms with Gasteiger partial charge in [0.05, 0.1) is 0 Å². The Kier molecular flexibility index (Phi) is 5.96. The van der Waals surface area contributed by atoms with Crippen LogP contribution in [0.25, 0.3) is 0 Å². The molecular formula is C18H20N4O3S. The maximum absolute atomic E-state index is 12.1. The second-order valence-electron chi connectivity index (χ2n) is 6.16. The quantitative estimate of drug-likeness (QED) is 0.603. The summed E-state index contributed by atoms with van der Waals surface area (Å²) in [5.41, 5.74) is 1.40. The van der Waals surface area contributed by atoms with E-state index in [1.807, 2.05) is 30.3 Å². The molecule has 136 valence electrons. The Morgan fingerprint density at radius 3 is 2.85 bits per heavy atom. The number of nitrogens with zero attached hydrogens (tertiary/aromatic N) is 3. The van der Waals surface area contributed by atoms with Crippen LogP contribution in [0.5, 0.6) is 0 Å². The molecular weight excluding hydrogens is 352 g/mol. The smallest absolute Gasteiger partial charge is 0.358 e. The number of benzene rings is 1. The summed E-state index contributed by atoms with van der Waals surface area (Å²) in [5, 5.41) is 9.38. The van der Waals surface area contributed by atoms with Crippen LogP contribution in [-0.4, -0.2) is 21.1 Å². The SMILES string of the molecule is CC(C)Cc1noc(COC(=O)c2csc(NCc3ccccc3)n2)n1. The molecule has 0 saturated carbocycles. The molecule has 2 aromatic heterocycles. The van der Waals surface area contributed by atoms with Gasteiger partial charge in [-0.15, -0.1) is 11.3 Å². The largest absolute Gasteiger partial charge is 0.451 e. The Hall–Kier alpha value is -2.74. The number of ether oxygens (including phenoxy) is 1. The van der Waals surface area contributed by atoms with Crippen molar-refractivity contribution in [2.45, 2.75) is 33.4 Å². The molecule has 8 heteroatoms. The summed E-state index contributed by atoms with van der Waals surface area (Å²) in [6.45, 7) is 4.72. The minimum absolute atomic E-state index is 0.0613. The van der Waals surface area contributed by atoms with Crippen LogP contribution in [-0.2, 0) is 24.3 Å². The van der Waals surface area contributed by atoms with E-state index >= 15 is 0 Å². The number of thiazole rings is 1. The topological polar surface area (TPSA) is 90.1 Å². The molecule has 2 heterocycles. The van der Waals surface area contributed by atoms with Crippen molar-refractivity contribution in [3.8, 4) is 0 Å². The second kappa shape index (κ2) is 8.57. The van der Waals surface area contributed by atoms with Gasteiger partial charge in [-0.1, -0.05) is 49.3 Å². The maximum atomic E-state index is 12.1. The predicted molar refractivity (Wildman–Crippen MR) is 97.8 cm³/mol. The number of nitrogens with one attached hydrogen (secondary N) is 1. The summed E-state index contributed by atoms with van der Waals surface area (Å²) in [6.07, 6.45) is 0.722. The van der Waals surface area contributed by atoms with E-state index in [-0.39, 0.29) is 18.2 Å². The molecule has 0 saturated heterocycles.